The molecule has 4 N–H and O–H groups in total. The van der Waals surface area contributed by atoms with E-state index in [-0.39, 0.29) is 49.0 Å². The number of ether oxygens (including phenoxy) is 2. The van der Waals surface area contributed by atoms with Crippen LogP contribution in [0.5, 0.6) is 5.75 Å². The van der Waals surface area contributed by atoms with Crippen molar-refractivity contribution in [1.29, 1.82) is 0 Å². The molecular formula is C34H43N5O7. The molecule has 46 heavy (non-hydrogen) atoms. The molecule has 3 aliphatic rings. The summed E-state index contributed by atoms with van der Waals surface area (Å²) >= 11 is 0. The number of alkyl carbamates (subject to hydrolysis) is 1. The standard InChI is InChI=1S/C34H43N5O7/c1-34(2,3)38-33(44)46-20-22-6-4-21(5-7-22)19-45-26-11-9-25(10-12-26)36-32(43)35-17-23-8-13-27-24(16-23)18-39(31(27)42)28-14-15-29(40)37-30(28)41/h8-13,16,21-22,28H,4-7,14-15,17-20H2,1-3H3,(H,38,44)(H2,35,36,43)(H,37,40,41). The number of piperidine rings is 1. The zero-order valence-electron chi connectivity index (χ0n) is 26.6. The fraction of sp³-hybridized carbons (Fsp3) is 0.500. The number of benzene rings is 2. The zero-order valence-corrected chi connectivity index (χ0v) is 26.6. The van der Waals surface area contributed by atoms with Crippen LogP contribution in [-0.4, -0.2) is 59.5 Å². The lowest BCUT2D eigenvalue weighted by Crippen LogP contribution is -2.52. The van der Waals surface area contributed by atoms with Crippen LogP contribution in [0, 0.1) is 11.8 Å². The first-order chi connectivity index (χ1) is 21.9. The summed E-state index contributed by atoms with van der Waals surface area (Å²) in [6.07, 6.45) is 4.19. The normalized spacial score (nSPS) is 21.2. The van der Waals surface area contributed by atoms with Gasteiger partial charge in [0.25, 0.3) is 5.91 Å². The first-order valence-electron chi connectivity index (χ1n) is 15.9. The van der Waals surface area contributed by atoms with Crippen molar-refractivity contribution in [2.24, 2.45) is 11.8 Å². The maximum atomic E-state index is 12.9. The van der Waals surface area contributed by atoms with Gasteiger partial charge in [-0.1, -0.05) is 12.1 Å². The number of nitrogens with zero attached hydrogens (tertiary/aromatic N) is 1. The molecular weight excluding hydrogens is 590 g/mol. The van der Waals surface area contributed by atoms with Crippen molar-refractivity contribution in [1.82, 2.24) is 20.9 Å². The minimum atomic E-state index is -0.664. The van der Waals surface area contributed by atoms with Crippen LogP contribution in [-0.2, 0) is 27.4 Å². The molecule has 6 amide bonds. The summed E-state index contributed by atoms with van der Waals surface area (Å²) in [7, 11) is 0. The van der Waals surface area contributed by atoms with Gasteiger partial charge in [-0.2, -0.15) is 0 Å². The third-order valence-corrected chi connectivity index (χ3v) is 8.53. The molecule has 1 atom stereocenters. The summed E-state index contributed by atoms with van der Waals surface area (Å²) in [5.74, 6) is 0.556. The van der Waals surface area contributed by atoms with Crippen molar-refractivity contribution in [2.75, 3.05) is 18.5 Å². The molecule has 1 unspecified atom stereocenters. The monoisotopic (exact) mass is 633 g/mol. The molecule has 2 fully saturated rings. The lowest BCUT2D eigenvalue weighted by Gasteiger charge is -2.29. The van der Waals surface area contributed by atoms with Crippen molar-refractivity contribution in [2.45, 2.75) is 84.0 Å². The number of rotatable bonds is 9. The van der Waals surface area contributed by atoms with Crippen molar-refractivity contribution in [3.63, 3.8) is 0 Å². The fourth-order valence-electron chi connectivity index (χ4n) is 6.04. The maximum absolute atomic E-state index is 12.9. The van der Waals surface area contributed by atoms with Crippen molar-refractivity contribution in [3.05, 3.63) is 59.2 Å². The Balaban J connectivity index is 1.00. The van der Waals surface area contributed by atoms with E-state index in [1.165, 1.54) is 4.90 Å². The largest absolute Gasteiger partial charge is 0.493 e. The Morgan fingerprint density at radius 2 is 1.63 bits per heavy atom. The molecule has 12 heteroatoms. The van der Waals surface area contributed by atoms with Gasteiger partial charge in [-0.25, -0.2) is 9.59 Å². The van der Waals surface area contributed by atoms with E-state index in [1.54, 1.807) is 24.3 Å². The first kappa shape index (κ1) is 32.8. The van der Waals surface area contributed by atoms with Gasteiger partial charge in [-0.05, 0) is 106 Å². The van der Waals surface area contributed by atoms with Crippen LogP contribution in [0.25, 0.3) is 0 Å². The Hall–Kier alpha value is -4.61. The number of carbonyl (C=O) groups excluding carboxylic acids is 5. The number of fused-ring (bicyclic) bond motifs is 1. The molecule has 2 aromatic rings. The quantitative estimate of drug-likeness (QED) is 0.297. The first-order valence-corrected chi connectivity index (χ1v) is 15.9. The third-order valence-electron chi connectivity index (χ3n) is 8.53. The molecule has 0 spiro atoms. The fourth-order valence-corrected chi connectivity index (χ4v) is 6.04. The van der Waals surface area contributed by atoms with Gasteiger partial charge in [0.2, 0.25) is 11.8 Å². The van der Waals surface area contributed by atoms with E-state index >= 15 is 0 Å². The Kier molecular flexibility index (Phi) is 10.1. The number of hydrogen-bond donors (Lipinski definition) is 4. The van der Waals surface area contributed by atoms with Gasteiger partial charge in [0, 0.05) is 36.3 Å². The number of amides is 6. The molecule has 1 saturated carbocycles. The molecule has 0 aromatic heterocycles. The summed E-state index contributed by atoms with van der Waals surface area (Å²) in [6.45, 7) is 7.36. The van der Waals surface area contributed by atoms with Gasteiger partial charge in [0.05, 0.1) is 13.2 Å². The van der Waals surface area contributed by atoms with Crippen molar-refractivity contribution >= 4 is 35.5 Å². The van der Waals surface area contributed by atoms with Gasteiger partial charge in [0.1, 0.15) is 11.8 Å². The Bertz CT molecular complexity index is 1460. The molecule has 0 radical (unpaired) electrons. The average Bonchev–Trinajstić information content (AvgIpc) is 3.33. The summed E-state index contributed by atoms with van der Waals surface area (Å²) in [5, 5.41) is 10.8. The minimum Gasteiger partial charge on any atom is -0.493 e. The third kappa shape index (κ3) is 8.76. The Morgan fingerprint density at radius 1 is 0.935 bits per heavy atom. The van der Waals surface area contributed by atoms with Crippen LogP contribution in [0.1, 0.15) is 80.8 Å². The number of imide groups is 1. The number of nitrogens with one attached hydrogen (secondary N) is 4. The van der Waals surface area contributed by atoms with E-state index in [4.69, 9.17) is 9.47 Å². The summed E-state index contributed by atoms with van der Waals surface area (Å²) in [6, 6.07) is 11.6. The molecule has 246 valence electrons. The van der Waals surface area contributed by atoms with Crippen LogP contribution in [0.15, 0.2) is 42.5 Å². The average molecular weight is 634 g/mol. The van der Waals surface area contributed by atoms with E-state index in [0.29, 0.717) is 42.7 Å². The number of hydrogen-bond acceptors (Lipinski definition) is 7. The Morgan fingerprint density at radius 3 is 2.30 bits per heavy atom. The number of urea groups is 1. The highest BCUT2D eigenvalue weighted by atomic mass is 16.5. The molecule has 1 saturated heterocycles. The second-order valence-electron chi connectivity index (χ2n) is 13.4. The Labute approximate surface area is 268 Å². The summed E-state index contributed by atoms with van der Waals surface area (Å²) in [5.41, 5.74) is 2.45. The minimum absolute atomic E-state index is 0.205. The van der Waals surface area contributed by atoms with Crippen LogP contribution < -0.4 is 26.0 Å². The van der Waals surface area contributed by atoms with Gasteiger partial charge in [-0.15, -0.1) is 0 Å². The highest BCUT2D eigenvalue weighted by Gasteiger charge is 2.39. The lowest BCUT2D eigenvalue weighted by atomic mass is 9.83. The highest BCUT2D eigenvalue weighted by molar-refractivity contribution is 6.05. The second kappa shape index (κ2) is 14.2. The molecule has 0 bridgehead atoms. The van der Waals surface area contributed by atoms with Crippen LogP contribution >= 0.6 is 0 Å². The van der Waals surface area contributed by atoms with Crippen LogP contribution in [0.3, 0.4) is 0 Å². The SMILES string of the molecule is CC(C)(C)NC(=O)OCC1CCC(COc2ccc(NC(=O)NCc3ccc4c(c3)CN(C3CCC(=O)NC3=O)C4=O)cc2)CC1. The van der Waals surface area contributed by atoms with Gasteiger partial charge in [0.15, 0.2) is 0 Å². The molecule has 2 aromatic carbocycles. The van der Waals surface area contributed by atoms with Crippen LogP contribution in [0.2, 0.25) is 0 Å². The highest BCUT2D eigenvalue weighted by Crippen LogP contribution is 2.30. The van der Waals surface area contributed by atoms with Gasteiger partial charge >= 0.3 is 12.1 Å². The molecule has 2 heterocycles. The predicted octanol–water partition coefficient (Wildman–Crippen LogP) is 4.48. The number of carbonyl (C=O) groups is 5. The maximum Gasteiger partial charge on any atom is 0.407 e. The van der Waals surface area contributed by atoms with Crippen molar-refractivity contribution in [3.8, 4) is 5.75 Å². The molecule has 2 aliphatic heterocycles. The number of anilines is 1. The van der Waals surface area contributed by atoms with Crippen molar-refractivity contribution < 1.29 is 33.4 Å². The van der Waals surface area contributed by atoms with E-state index < -0.39 is 11.9 Å². The van der Waals surface area contributed by atoms with Gasteiger partial charge in [-0.3, -0.25) is 19.7 Å². The molecule has 1 aliphatic carbocycles. The van der Waals surface area contributed by atoms with E-state index in [2.05, 4.69) is 21.3 Å². The smallest absolute Gasteiger partial charge is 0.407 e. The van der Waals surface area contributed by atoms with E-state index in [1.807, 2.05) is 39.0 Å². The molecule has 5 rings (SSSR count). The van der Waals surface area contributed by atoms with Gasteiger partial charge < -0.3 is 30.3 Å². The molecule has 12 nitrogen and oxygen atoms in total. The summed E-state index contributed by atoms with van der Waals surface area (Å²) < 4.78 is 11.4. The van der Waals surface area contributed by atoms with Crippen LogP contribution in [0.4, 0.5) is 15.3 Å². The lowest BCUT2D eigenvalue weighted by molar-refractivity contribution is -0.136. The van der Waals surface area contributed by atoms with E-state index in [0.717, 1.165) is 42.6 Å². The predicted molar refractivity (Wildman–Crippen MR) is 170 cm³/mol. The summed E-state index contributed by atoms with van der Waals surface area (Å²) in [4.78, 5) is 62.6. The second-order valence-corrected chi connectivity index (χ2v) is 13.4. The van der Waals surface area contributed by atoms with E-state index in [9.17, 15) is 24.0 Å². The topological polar surface area (TPSA) is 155 Å². The zero-order chi connectivity index (χ0) is 32.8.